The molecule has 1 aliphatic heterocycles. The molecule has 0 N–H and O–H groups in total. The first-order valence-corrected chi connectivity index (χ1v) is 7.17. The Kier molecular flexibility index (Phi) is 3.75. The Balaban J connectivity index is 2.07. The van der Waals surface area contributed by atoms with Crippen LogP contribution in [0.4, 0.5) is 5.69 Å². The van der Waals surface area contributed by atoms with Crippen molar-refractivity contribution in [3.63, 3.8) is 0 Å². The number of fused-ring (bicyclic) bond motifs is 1. The SMILES string of the molecule is C=C1/C=C\C=C/N(C)c2ccc(C(=O)c3ccccc3)cc21. The average Bonchev–Trinajstić information content (AvgIpc) is 2.56. The lowest BCUT2D eigenvalue weighted by Crippen LogP contribution is -2.12. The summed E-state index contributed by atoms with van der Waals surface area (Å²) in [6, 6.07) is 15.1. The number of carbonyl (C=O) groups excluding carboxylic acids is 1. The summed E-state index contributed by atoms with van der Waals surface area (Å²) in [6.07, 6.45) is 7.87. The highest BCUT2D eigenvalue weighted by atomic mass is 16.1. The molecule has 0 saturated heterocycles. The number of anilines is 1. The first-order chi connectivity index (χ1) is 10.7. The fourth-order valence-corrected chi connectivity index (χ4v) is 2.52. The topological polar surface area (TPSA) is 20.3 Å². The summed E-state index contributed by atoms with van der Waals surface area (Å²) in [5.74, 6) is 0.0282. The van der Waals surface area contributed by atoms with Crippen molar-refractivity contribution >= 4 is 17.0 Å². The molecule has 2 aromatic carbocycles. The molecular weight excluding hydrogens is 270 g/mol. The van der Waals surface area contributed by atoms with Crippen LogP contribution in [0, 0.1) is 0 Å². The second-order valence-corrected chi connectivity index (χ2v) is 5.26. The predicted octanol–water partition coefficient (Wildman–Crippen LogP) is 4.45. The van der Waals surface area contributed by atoms with E-state index in [0.29, 0.717) is 11.1 Å². The molecule has 2 nitrogen and oxygen atoms in total. The average molecular weight is 287 g/mol. The first-order valence-electron chi connectivity index (χ1n) is 7.17. The number of carbonyl (C=O) groups is 1. The Morgan fingerprint density at radius 2 is 1.77 bits per heavy atom. The van der Waals surface area contributed by atoms with E-state index in [9.17, 15) is 4.79 Å². The van der Waals surface area contributed by atoms with Crippen molar-refractivity contribution in [1.29, 1.82) is 0 Å². The predicted molar refractivity (Wildman–Crippen MR) is 92.0 cm³/mol. The zero-order chi connectivity index (χ0) is 15.5. The molecule has 0 atom stereocenters. The second-order valence-electron chi connectivity index (χ2n) is 5.26. The van der Waals surface area contributed by atoms with Crippen LogP contribution in [0.3, 0.4) is 0 Å². The number of ketones is 1. The molecule has 0 amide bonds. The largest absolute Gasteiger partial charge is 0.351 e. The minimum absolute atomic E-state index is 0.0282. The van der Waals surface area contributed by atoms with E-state index in [2.05, 4.69) is 6.58 Å². The van der Waals surface area contributed by atoms with Crippen molar-refractivity contribution in [3.05, 3.63) is 96.2 Å². The Morgan fingerprint density at radius 3 is 2.55 bits per heavy atom. The van der Waals surface area contributed by atoms with Gasteiger partial charge < -0.3 is 4.90 Å². The van der Waals surface area contributed by atoms with Gasteiger partial charge in [0, 0.05) is 35.6 Å². The maximum Gasteiger partial charge on any atom is 0.193 e. The molecule has 0 fully saturated rings. The molecule has 2 heteroatoms. The second kappa shape index (κ2) is 5.86. The third kappa shape index (κ3) is 2.63. The van der Waals surface area contributed by atoms with Gasteiger partial charge in [-0.1, -0.05) is 49.1 Å². The molecule has 0 aromatic heterocycles. The van der Waals surface area contributed by atoms with Crippen LogP contribution < -0.4 is 4.90 Å². The van der Waals surface area contributed by atoms with E-state index in [1.165, 1.54) is 0 Å². The smallest absolute Gasteiger partial charge is 0.193 e. The number of rotatable bonds is 2. The lowest BCUT2D eigenvalue weighted by molar-refractivity contribution is 0.103. The summed E-state index contributed by atoms with van der Waals surface area (Å²) in [7, 11) is 1.99. The van der Waals surface area contributed by atoms with Crippen molar-refractivity contribution < 1.29 is 4.79 Å². The van der Waals surface area contributed by atoms with Gasteiger partial charge in [-0.25, -0.2) is 0 Å². The van der Waals surface area contributed by atoms with Crippen molar-refractivity contribution in [2.24, 2.45) is 0 Å². The monoisotopic (exact) mass is 287 g/mol. The van der Waals surface area contributed by atoms with Gasteiger partial charge in [0.1, 0.15) is 0 Å². The molecule has 1 aliphatic rings. The molecule has 2 aromatic rings. The van der Waals surface area contributed by atoms with Crippen LogP contribution in [0.2, 0.25) is 0 Å². The Labute approximate surface area is 130 Å². The Bertz CT molecular complexity index is 785. The lowest BCUT2D eigenvalue weighted by atomic mass is 9.96. The highest BCUT2D eigenvalue weighted by Gasteiger charge is 2.14. The van der Waals surface area contributed by atoms with E-state index in [1.807, 2.05) is 84.9 Å². The van der Waals surface area contributed by atoms with Crippen LogP contribution in [0.25, 0.3) is 5.57 Å². The summed E-state index contributed by atoms with van der Waals surface area (Å²) in [5.41, 5.74) is 4.29. The number of hydrogen-bond acceptors (Lipinski definition) is 2. The van der Waals surface area contributed by atoms with E-state index in [4.69, 9.17) is 0 Å². The maximum atomic E-state index is 12.6. The molecule has 1 heterocycles. The zero-order valence-electron chi connectivity index (χ0n) is 12.5. The highest BCUT2D eigenvalue weighted by Crippen LogP contribution is 2.30. The van der Waals surface area contributed by atoms with Gasteiger partial charge in [-0.05, 0) is 29.8 Å². The highest BCUT2D eigenvalue weighted by molar-refractivity contribution is 6.09. The molecule has 0 unspecified atom stereocenters. The molecule has 0 aliphatic carbocycles. The fraction of sp³-hybridized carbons (Fsp3) is 0.0500. The standard InChI is InChI=1S/C20H17NO/c1-15-8-6-7-13-21(2)19-12-11-17(14-18(15)19)20(22)16-9-4-3-5-10-16/h3-14H,1H2,2H3/b8-6-,13-7-. The van der Waals surface area contributed by atoms with E-state index < -0.39 is 0 Å². The third-order valence-electron chi connectivity index (χ3n) is 3.74. The van der Waals surface area contributed by atoms with Crippen LogP contribution in [0.5, 0.6) is 0 Å². The van der Waals surface area contributed by atoms with Gasteiger partial charge in [0.15, 0.2) is 5.78 Å². The number of hydrogen-bond donors (Lipinski definition) is 0. The number of allylic oxidation sites excluding steroid dienone is 4. The van der Waals surface area contributed by atoms with Crippen LogP contribution in [-0.2, 0) is 0 Å². The summed E-state index contributed by atoms with van der Waals surface area (Å²) in [4.78, 5) is 14.6. The normalized spacial score (nSPS) is 16.4. The number of benzene rings is 2. The molecule has 22 heavy (non-hydrogen) atoms. The van der Waals surface area contributed by atoms with Crippen LogP contribution in [0.1, 0.15) is 21.5 Å². The van der Waals surface area contributed by atoms with Gasteiger partial charge in [-0.2, -0.15) is 0 Å². The lowest BCUT2D eigenvalue weighted by Gasteiger charge is -2.21. The zero-order valence-corrected chi connectivity index (χ0v) is 12.5. The molecule has 0 saturated carbocycles. The van der Waals surface area contributed by atoms with Crippen LogP contribution >= 0.6 is 0 Å². The van der Waals surface area contributed by atoms with Crippen molar-refractivity contribution in [2.45, 2.75) is 0 Å². The summed E-state index contributed by atoms with van der Waals surface area (Å²) >= 11 is 0. The van der Waals surface area contributed by atoms with E-state index in [1.54, 1.807) is 0 Å². The maximum absolute atomic E-state index is 12.6. The van der Waals surface area contributed by atoms with Crippen molar-refractivity contribution in [2.75, 3.05) is 11.9 Å². The molecule has 0 radical (unpaired) electrons. The van der Waals surface area contributed by atoms with Gasteiger partial charge in [0.25, 0.3) is 0 Å². The fourth-order valence-electron chi connectivity index (χ4n) is 2.52. The first kappa shape index (κ1) is 14.1. The summed E-state index contributed by atoms with van der Waals surface area (Å²) < 4.78 is 0. The summed E-state index contributed by atoms with van der Waals surface area (Å²) in [6.45, 7) is 4.11. The summed E-state index contributed by atoms with van der Waals surface area (Å²) in [5, 5.41) is 0. The van der Waals surface area contributed by atoms with E-state index in [0.717, 1.165) is 16.8 Å². The van der Waals surface area contributed by atoms with E-state index >= 15 is 0 Å². The Morgan fingerprint density at radius 1 is 1.00 bits per heavy atom. The van der Waals surface area contributed by atoms with E-state index in [-0.39, 0.29) is 5.78 Å². The molecular formula is C20H17NO. The van der Waals surface area contributed by atoms with Gasteiger partial charge in [0.2, 0.25) is 0 Å². The van der Waals surface area contributed by atoms with Gasteiger partial charge in [-0.15, -0.1) is 0 Å². The van der Waals surface area contributed by atoms with Crippen LogP contribution in [-0.4, -0.2) is 12.8 Å². The third-order valence-corrected chi connectivity index (χ3v) is 3.74. The quantitative estimate of drug-likeness (QED) is 0.761. The van der Waals surface area contributed by atoms with Gasteiger partial charge in [-0.3, -0.25) is 4.79 Å². The van der Waals surface area contributed by atoms with Crippen molar-refractivity contribution in [3.8, 4) is 0 Å². The Hall–Kier alpha value is -2.87. The number of nitrogens with zero attached hydrogens (tertiary/aromatic N) is 1. The minimum atomic E-state index is 0.0282. The molecule has 108 valence electrons. The van der Waals surface area contributed by atoms with Gasteiger partial charge in [0.05, 0.1) is 0 Å². The van der Waals surface area contributed by atoms with Gasteiger partial charge >= 0.3 is 0 Å². The minimum Gasteiger partial charge on any atom is -0.351 e. The van der Waals surface area contributed by atoms with Crippen molar-refractivity contribution in [1.82, 2.24) is 0 Å². The molecule has 0 bridgehead atoms. The molecule has 3 rings (SSSR count). The molecule has 0 spiro atoms. The van der Waals surface area contributed by atoms with Crippen LogP contribution in [0.15, 0.2) is 79.5 Å².